The summed E-state index contributed by atoms with van der Waals surface area (Å²) in [5, 5.41) is 0. The van der Waals surface area contributed by atoms with Crippen molar-refractivity contribution in [1.82, 2.24) is 0 Å². The van der Waals surface area contributed by atoms with E-state index in [-0.39, 0.29) is 12.0 Å². The van der Waals surface area contributed by atoms with Gasteiger partial charge in [0.15, 0.2) is 0 Å². The Morgan fingerprint density at radius 3 is 2.18 bits per heavy atom. The zero-order valence-corrected chi connectivity index (χ0v) is 13.3. The topological polar surface area (TPSA) is 78.3 Å². The van der Waals surface area contributed by atoms with Gasteiger partial charge in [0.2, 0.25) is 6.36 Å². The van der Waals surface area contributed by atoms with E-state index in [1.165, 1.54) is 43.9 Å². The molecule has 0 saturated carbocycles. The highest BCUT2D eigenvalue weighted by Gasteiger charge is 2.15. The lowest BCUT2D eigenvalue weighted by Gasteiger charge is -2.11. The Bertz CT molecular complexity index is 446. The molecule has 0 saturated heterocycles. The molecule has 0 aliphatic heterocycles. The summed E-state index contributed by atoms with van der Waals surface area (Å²) in [7, 11) is 0. The van der Waals surface area contributed by atoms with E-state index in [4.69, 9.17) is 16.2 Å². The van der Waals surface area contributed by atoms with Crippen molar-refractivity contribution in [2.24, 2.45) is 0 Å². The molecule has 0 amide bonds. The number of nitrogen functional groups attached to an aromatic ring is 2. The third kappa shape index (κ3) is 7.29. The normalized spacial score (nSPS) is 12.1. The molecular formula is C17H27FN2O2. The Hall–Kier alpha value is -1.78. The van der Waals surface area contributed by atoms with Crippen molar-refractivity contribution in [3.05, 3.63) is 23.8 Å². The largest absolute Gasteiger partial charge is 0.428 e. The van der Waals surface area contributed by atoms with Crippen LogP contribution in [-0.4, -0.2) is 12.3 Å². The molecule has 22 heavy (non-hydrogen) atoms. The first kappa shape index (κ1) is 18.3. The fraction of sp³-hybridized carbons (Fsp3) is 0.588. The summed E-state index contributed by atoms with van der Waals surface area (Å²) in [6.07, 6.45) is 6.35. The van der Waals surface area contributed by atoms with Crippen LogP contribution < -0.4 is 11.5 Å². The number of carbonyl (C=O) groups excluding carboxylic acids is 1. The summed E-state index contributed by atoms with van der Waals surface area (Å²) in [5.41, 5.74) is 12.1. The number of alkyl halides is 1. The van der Waals surface area contributed by atoms with E-state index in [1.807, 2.05) is 0 Å². The minimum atomic E-state index is -1.58. The number of nitrogens with two attached hydrogens (primary N) is 2. The van der Waals surface area contributed by atoms with Gasteiger partial charge in [-0.05, 0) is 24.6 Å². The number of halogens is 1. The van der Waals surface area contributed by atoms with E-state index in [9.17, 15) is 9.18 Å². The summed E-state index contributed by atoms with van der Waals surface area (Å²) < 4.78 is 18.4. The van der Waals surface area contributed by atoms with Gasteiger partial charge in [0, 0.05) is 17.8 Å². The fourth-order valence-electron chi connectivity index (χ4n) is 2.30. The number of carbonyl (C=O) groups is 1. The van der Waals surface area contributed by atoms with Crippen molar-refractivity contribution in [2.45, 2.75) is 64.6 Å². The van der Waals surface area contributed by atoms with Gasteiger partial charge < -0.3 is 16.2 Å². The third-order valence-electron chi connectivity index (χ3n) is 3.48. The van der Waals surface area contributed by atoms with Crippen LogP contribution in [0.5, 0.6) is 0 Å². The summed E-state index contributed by atoms with van der Waals surface area (Å²) in [6.45, 7) is 2.18. The zero-order chi connectivity index (χ0) is 16.4. The van der Waals surface area contributed by atoms with Crippen LogP contribution in [0.25, 0.3) is 0 Å². The Kier molecular flexibility index (Phi) is 8.33. The van der Waals surface area contributed by atoms with Crippen LogP contribution in [0.4, 0.5) is 15.8 Å². The van der Waals surface area contributed by atoms with Crippen molar-refractivity contribution in [2.75, 3.05) is 11.5 Å². The average molecular weight is 310 g/mol. The SMILES string of the molecule is CCCCCCCCCC(F)OC(=O)c1cc(N)cc(N)c1. The Morgan fingerprint density at radius 1 is 1.05 bits per heavy atom. The maximum absolute atomic E-state index is 13.7. The second-order valence-electron chi connectivity index (χ2n) is 5.61. The smallest absolute Gasteiger partial charge is 0.340 e. The maximum atomic E-state index is 13.7. The van der Waals surface area contributed by atoms with Gasteiger partial charge in [0.25, 0.3) is 0 Å². The first-order chi connectivity index (χ1) is 10.5. The molecule has 0 fully saturated rings. The number of hydrogen-bond acceptors (Lipinski definition) is 4. The molecule has 1 unspecified atom stereocenters. The molecule has 1 aromatic rings. The van der Waals surface area contributed by atoms with Crippen molar-refractivity contribution in [3.63, 3.8) is 0 Å². The Balaban J connectivity index is 2.24. The molecule has 124 valence electrons. The van der Waals surface area contributed by atoms with Crippen molar-refractivity contribution < 1.29 is 13.9 Å². The molecule has 1 aromatic carbocycles. The molecule has 0 bridgehead atoms. The van der Waals surface area contributed by atoms with E-state index in [1.54, 1.807) is 0 Å². The number of benzene rings is 1. The summed E-state index contributed by atoms with van der Waals surface area (Å²) in [4.78, 5) is 11.8. The number of unbranched alkanes of at least 4 members (excludes halogenated alkanes) is 6. The lowest BCUT2D eigenvalue weighted by molar-refractivity contribution is -0.0195. The van der Waals surface area contributed by atoms with Gasteiger partial charge in [0.1, 0.15) is 0 Å². The summed E-state index contributed by atoms with van der Waals surface area (Å²) in [6, 6.07) is 4.39. The van der Waals surface area contributed by atoms with Gasteiger partial charge >= 0.3 is 5.97 Å². The first-order valence-electron chi connectivity index (χ1n) is 8.04. The number of rotatable bonds is 10. The lowest BCUT2D eigenvalue weighted by atomic mass is 10.1. The zero-order valence-electron chi connectivity index (χ0n) is 13.3. The first-order valence-corrected chi connectivity index (χ1v) is 8.04. The van der Waals surface area contributed by atoms with Crippen molar-refractivity contribution in [3.8, 4) is 0 Å². The van der Waals surface area contributed by atoms with Crippen LogP contribution in [0.3, 0.4) is 0 Å². The molecule has 0 radical (unpaired) electrons. The highest BCUT2D eigenvalue weighted by atomic mass is 19.1. The van der Waals surface area contributed by atoms with Crippen LogP contribution in [-0.2, 0) is 4.74 Å². The molecular weight excluding hydrogens is 283 g/mol. The Labute approximate surface area is 132 Å². The molecule has 4 N–H and O–H groups in total. The molecule has 5 heteroatoms. The van der Waals surface area contributed by atoms with E-state index in [2.05, 4.69) is 6.92 Å². The molecule has 0 aliphatic carbocycles. The van der Waals surface area contributed by atoms with E-state index < -0.39 is 12.3 Å². The van der Waals surface area contributed by atoms with Crippen LogP contribution in [0.2, 0.25) is 0 Å². The average Bonchev–Trinajstić information content (AvgIpc) is 2.45. The quantitative estimate of drug-likeness (QED) is 0.380. The Morgan fingerprint density at radius 2 is 1.59 bits per heavy atom. The minimum Gasteiger partial charge on any atom is -0.428 e. The second-order valence-corrected chi connectivity index (χ2v) is 5.61. The number of esters is 1. The molecule has 0 aliphatic rings. The van der Waals surface area contributed by atoms with Crippen LogP contribution in [0.1, 0.15) is 68.6 Å². The fourth-order valence-corrected chi connectivity index (χ4v) is 2.30. The predicted molar refractivity (Wildman–Crippen MR) is 88.2 cm³/mol. The van der Waals surface area contributed by atoms with Crippen molar-refractivity contribution in [1.29, 1.82) is 0 Å². The molecule has 1 rings (SSSR count). The van der Waals surface area contributed by atoms with Gasteiger partial charge in [-0.25, -0.2) is 9.18 Å². The number of anilines is 2. The summed E-state index contributed by atoms with van der Waals surface area (Å²) >= 11 is 0. The molecule has 0 spiro atoms. The van der Waals surface area contributed by atoms with Crippen LogP contribution in [0.15, 0.2) is 18.2 Å². The minimum absolute atomic E-state index is 0.180. The molecule has 0 heterocycles. The van der Waals surface area contributed by atoms with E-state index >= 15 is 0 Å². The molecule has 0 aromatic heterocycles. The third-order valence-corrected chi connectivity index (χ3v) is 3.48. The van der Waals surface area contributed by atoms with Gasteiger partial charge in [-0.15, -0.1) is 0 Å². The summed E-state index contributed by atoms with van der Waals surface area (Å²) in [5.74, 6) is -0.727. The monoisotopic (exact) mass is 310 g/mol. The molecule has 1 atom stereocenters. The van der Waals surface area contributed by atoms with E-state index in [0.717, 1.165) is 19.3 Å². The predicted octanol–water partition coefficient (Wildman–Crippen LogP) is 4.44. The van der Waals surface area contributed by atoms with Gasteiger partial charge in [0.05, 0.1) is 5.56 Å². The molecule has 4 nitrogen and oxygen atoms in total. The van der Waals surface area contributed by atoms with Crippen LogP contribution in [0, 0.1) is 0 Å². The second kappa shape index (κ2) is 10.0. The highest BCUT2D eigenvalue weighted by Crippen LogP contribution is 2.17. The van der Waals surface area contributed by atoms with Crippen LogP contribution >= 0.6 is 0 Å². The van der Waals surface area contributed by atoms with Gasteiger partial charge in [-0.1, -0.05) is 45.4 Å². The lowest BCUT2D eigenvalue weighted by Crippen LogP contribution is -2.14. The van der Waals surface area contributed by atoms with Crippen molar-refractivity contribution >= 4 is 17.3 Å². The highest BCUT2D eigenvalue weighted by molar-refractivity contribution is 5.91. The maximum Gasteiger partial charge on any atom is 0.340 e. The van der Waals surface area contributed by atoms with Gasteiger partial charge in [-0.2, -0.15) is 0 Å². The standard InChI is InChI=1S/C17H27FN2O2/c1-2-3-4-5-6-7-8-9-16(18)22-17(21)13-10-14(19)12-15(20)11-13/h10-12,16H,2-9,19-20H2,1H3. The number of ether oxygens (including phenoxy) is 1. The number of hydrogen-bond donors (Lipinski definition) is 2. The van der Waals surface area contributed by atoms with Gasteiger partial charge in [-0.3, -0.25) is 0 Å². The van der Waals surface area contributed by atoms with E-state index in [0.29, 0.717) is 11.4 Å².